The number of nitrogens with zero attached hydrogens (tertiary/aromatic N) is 5. The van der Waals surface area contributed by atoms with Crippen LogP contribution in [0.3, 0.4) is 0 Å². The largest absolute Gasteiger partial charge is 0.338 e. The zero-order valence-corrected chi connectivity index (χ0v) is 16.4. The lowest BCUT2D eigenvalue weighted by molar-refractivity contribution is -0.130. The highest BCUT2D eigenvalue weighted by Crippen LogP contribution is 2.19. The van der Waals surface area contributed by atoms with Gasteiger partial charge in [0.2, 0.25) is 11.1 Å². The number of hydrogen-bond acceptors (Lipinski definition) is 6. The standard InChI is InChI=1S/C17H21N5OS2/c1-5-21(10-13-7-6-8-25-13)15(23)9-14-11(2)18-16-19-17(24-4)20-22(16)12(14)3/h6-8H,5,9-10H2,1-4H3. The van der Waals surface area contributed by atoms with E-state index in [0.717, 1.165) is 17.0 Å². The Hall–Kier alpha value is -1.93. The second-order valence-electron chi connectivity index (χ2n) is 5.74. The number of rotatable bonds is 6. The molecule has 0 N–H and O–H groups in total. The molecule has 8 heteroatoms. The summed E-state index contributed by atoms with van der Waals surface area (Å²) in [6, 6.07) is 4.07. The topological polar surface area (TPSA) is 63.4 Å². The Balaban J connectivity index is 1.86. The summed E-state index contributed by atoms with van der Waals surface area (Å²) in [5, 5.41) is 7.17. The highest BCUT2D eigenvalue weighted by atomic mass is 32.2. The van der Waals surface area contributed by atoms with Gasteiger partial charge < -0.3 is 4.90 Å². The molecule has 3 heterocycles. The molecule has 0 fully saturated rings. The van der Waals surface area contributed by atoms with Gasteiger partial charge in [0, 0.05) is 28.4 Å². The van der Waals surface area contributed by atoms with Gasteiger partial charge in [-0.15, -0.1) is 16.4 Å². The third-order valence-corrected chi connectivity index (χ3v) is 5.60. The molecule has 3 aromatic rings. The van der Waals surface area contributed by atoms with Gasteiger partial charge in [0.15, 0.2) is 0 Å². The number of amides is 1. The van der Waals surface area contributed by atoms with E-state index in [-0.39, 0.29) is 5.91 Å². The summed E-state index contributed by atoms with van der Waals surface area (Å²) < 4.78 is 1.73. The number of hydrogen-bond donors (Lipinski definition) is 0. The molecule has 6 nitrogen and oxygen atoms in total. The Morgan fingerprint density at radius 1 is 1.36 bits per heavy atom. The molecule has 0 unspecified atom stereocenters. The fourth-order valence-electron chi connectivity index (χ4n) is 2.76. The highest BCUT2D eigenvalue weighted by Gasteiger charge is 2.19. The molecule has 0 aromatic carbocycles. The second kappa shape index (κ2) is 7.53. The minimum absolute atomic E-state index is 0.105. The third-order valence-electron chi connectivity index (χ3n) is 4.20. The quantitative estimate of drug-likeness (QED) is 0.620. The van der Waals surface area contributed by atoms with Gasteiger partial charge in [0.05, 0.1) is 13.0 Å². The minimum atomic E-state index is 0.105. The smallest absolute Gasteiger partial charge is 0.253 e. The van der Waals surface area contributed by atoms with E-state index in [0.29, 0.717) is 30.4 Å². The molecule has 0 radical (unpaired) electrons. The Morgan fingerprint density at radius 2 is 2.16 bits per heavy atom. The van der Waals surface area contributed by atoms with E-state index in [1.165, 1.54) is 16.6 Å². The predicted octanol–water partition coefficient (Wildman–Crippen LogP) is 3.12. The summed E-state index contributed by atoms with van der Waals surface area (Å²) in [5.74, 6) is 0.690. The van der Waals surface area contributed by atoms with Gasteiger partial charge in [-0.3, -0.25) is 4.79 Å². The number of fused-ring (bicyclic) bond motifs is 1. The first-order valence-electron chi connectivity index (χ1n) is 8.10. The van der Waals surface area contributed by atoms with Gasteiger partial charge in [-0.25, -0.2) is 9.50 Å². The first-order chi connectivity index (χ1) is 12.0. The van der Waals surface area contributed by atoms with Gasteiger partial charge in [-0.1, -0.05) is 17.8 Å². The van der Waals surface area contributed by atoms with Crippen LogP contribution in [0.25, 0.3) is 5.78 Å². The van der Waals surface area contributed by atoms with E-state index in [1.54, 1.807) is 15.9 Å². The predicted molar refractivity (Wildman–Crippen MR) is 101 cm³/mol. The number of aryl methyl sites for hydroxylation is 2. The van der Waals surface area contributed by atoms with Gasteiger partial charge in [0.25, 0.3) is 5.78 Å². The fourth-order valence-corrected chi connectivity index (χ4v) is 3.82. The zero-order valence-electron chi connectivity index (χ0n) is 14.8. The van der Waals surface area contributed by atoms with E-state index in [1.807, 2.05) is 43.4 Å². The molecule has 1 amide bonds. The van der Waals surface area contributed by atoms with Crippen molar-refractivity contribution in [2.75, 3.05) is 12.8 Å². The Labute approximate surface area is 155 Å². The minimum Gasteiger partial charge on any atom is -0.338 e. The van der Waals surface area contributed by atoms with Crippen LogP contribution in [0.15, 0.2) is 22.7 Å². The Kier molecular flexibility index (Phi) is 5.39. The molecule has 0 aliphatic carbocycles. The van der Waals surface area contributed by atoms with Crippen molar-refractivity contribution in [2.24, 2.45) is 0 Å². The molecule has 25 heavy (non-hydrogen) atoms. The number of thiophene rings is 1. The molecular formula is C17H21N5OS2. The van der Waals surface area contributed by atoms with Gasteiger partial charge in [0.1, 0.15) is 0 Å². The third kappa shape index (κ3) is 3.69. The van der Waals surface area contributed by atoms with E-state index < -0.39 is 0 Å². The van der Waals surface area contributed by atoms with Crippen molar-refractivity contribution in [1.29, 1.82) is 0 Å². The van der Waals surface area contributed by atoms with Crippen molar-refractivity contribution in [3.05, 3.63) is 39.3 Å². The van der Waals surface area contributed by atoms with Crippen LogP contribution in [0.1, 0.15) is 28.8 Å². The molecule has 0 saturated heterocycles. The number of carbonyl (C=O) groups excluding carboxylic acids is 1. The monoisotopic (exact) mass is 375 g/mol. The van der Waals surface area contributed by atoms with Crippen molar-refractivity contribution in [1.82, 2.24) is 24.5 Å². The van der Waals surface area contributed by atoms with Gasteiger partial charge in [-0.05, 0) is 38.5 Å². The molecule has 0 aliphatic rings. The van der Waals surface area contributed by atoms with Crippen LogP contribution < -0.4 is 0 Å². The molecule has 0 atom stereocenters. The van der Waals surface area contributed by atoms with Crippen molar-refractivity contribution in [3.8, 4) is 0 Å². The van der Waals surface area contributed by atoms with Crippen molar-refractivity contribution in [2.45, 2.75) is 38.9 Å². The zero-order chi connectivity index (χ0) is 18.0. The summed E-state index contributed by atoms with van der Waals surface area (Å²) in [6.45, 7) is 7.25. The van der Waals surface area contributed by atoms with Crippen molar-refractivity contribution >= 4 is 34.8 Å². The fraction of sp³-hybridized carbons (Fsp3) is 0.412. The van der Waals surface area contributed by atoms with Gasteiger partial charge in [-0.2, -0.15) is 4.98 Å². The first kappa shape index (κ1) is 17.9. The van der Waals surface area contributed by atoms with Crippen LogP contribution in [-0.4, -0.2) is 43.2 Å². The van der Waals surface area contributed by atoms with Crippen molar-refractivity contribution < 1.29 is 4.79 Å². The maximum atomic E-state index is 12.8. The molecular weight excluding hydrogens is 354 g/mol. The van der Waals surface area contributed by atoms with Crippen LogP contribution in [0.5, 0.6) is 0 Å². The first-order valence-corrected chi connectivity index (χ1v) is 10.2. The maximum Gasteiger partial charge on any atom is 0.253 e. The lowest BCUT2D eigenvalue weighted by Gasteiger charge is -2.21. The summed E-state index contributed by atoms with van der Waals surface area (Å²) in [7, 11) is 0. The van der Waals surface area contributed by atoms with Crippen LogP contribution in [0.2, 0.25) is 0 Å². The molecule has 0 aliphatic heterocycles. The van der Waals surface area contributed by atoms with Crippen LogP contribution in [0.4, 0.5) is 0 Å². The summed E-state index contributed by atoms with van der Waals surface area (Å²) in [5.41, 5.74) is 2.70. The van der Waals surface area contributed by atoms with E-state index >= 15 is 0 Å². The van der Waals surface area contributed by atoms with Crippen LogP contribution in [-0.2, 0) is 17.8 Å². The number of aromatic nitrogens is 4. The highest BCUT2D eigenvalue weighted by molar-refractivity contribution is 7.98. The molecule has 132 valence electrons. The average Bonchev–Trinajstić information content (AvgIpc) is 3.25. The number of likely N-dealkylation sites (N-methyl/N-ethyl adjacent to an activating group) is 1. The Bertz CT molecular complexity index is 888. The maximum absolute atomic E-state index is 12.8. The summed E-state index contributed by atoms with van der Waals surface area (Å²) in [4.78, 5) is 24.8. The summed E-state index contributed by atoms with van der Waals surface area (Å²) >= 11 is 3.16. The number of carbonyl (C=O) groups is 1. The number of thioether (sulfide) groups is 1. The molecule has 0 spiro atoms. The van der Waals surface area contributed by atoms with E-state index in [2.05, 4.69) is 21.1 Å². The molecule has 3 rings (SSSR count). The second-order valence-corrected chi connectivity index (χ2v) is 7.54. The van der Waals surface area contributed by atoms with Crippen molar-refractivity contribution in [3.63, 3.8) is 0 Å². The van der Waals surface area contributed by atoms with E-state index in [4.69, 9.17) is 0 Å². The lowest BCUT2D eigenvalue weighted by Crippen LogP contribution is -2.32. The Morgan fingerprint density at radius 3 is 2.80 bits per heavy atom. The normalized spacial score (nSPS) is 11.2. The summed E-state index contributed by atoms with van der Waals surface area (Å²) in [6.07, 6.45) is 2.26. The molecule has 3 aromatic heterocycles. The molecule has 0 saturated carbocycles. The van der Waals surface area contributed by atoms with Crippen LogP contribution >= 0.6 is 23.1 Å². The lowest BCUT2D eigenvalue weighted by atomic mass is 10.1. The SMILES string of the molecule is CCN(Cc1cccs1)C(=O)Cc1c(C)nc2nc(SC)nn2c1C. The average molecular weight is 376 g/mol. The van der Waals surface area contributed by atoms with E-state index in [9.17, 15) is 4.79 Å². The van der Waals surface area contributed by atoms with Crippen LogP contribution in [0, 0.1) is 13.8 Å². The van der Waals surface area contributed by atoms with Gasteiger partial charge >= 0.3 is 0 Å². The molecule has 0 bridgehead atoms.